The fraction of sp³-hybridized carbons (Fsp3) is 0.333. The van der Waals surface area contributed by atoms with E-state index in [1.807, 2.05) is 6.92 Å². The molecule has 78 valence electrons. The van der Waals surface area contributed by atoms with E-state index in [1.54, 1.807) is 18.5 Å². The largest absolute Gasteiger partial charge is 0.337 e. The maximum atomic E-state index is 5.75. The minimum absolute atomic E-state index is 0.227. The molecule has 0 spiro atoms. The molecule has 15 heavy (non-hydrogen) atoms. The van der Waals surface area contributed by atoms with Gasteiger partial charge >= 0.3 is 0 Å². The lowest BCUT2D eigenvalue weighted by atomic mass is 10.2. The highest BCUT2D eigenvalue weighted by Crippen LogP contribution is 2.15. The third-order valence-corrected chi connectivity index (χ3v) is 1.96. The molecular weight excluding hydrogens is 194 g/mol. The van der Waals surface area contributed by atoms with Gasteiger partial charge in [-0.15, -0.1) is 0 Å². The normalized spacial score (nSPS) is 12.7. The quantitative estimate of drug-likeness (QED) is 0.801. The van der Waals surface area contributed by atoms with Gasteiger partial charge in [0.25, 0.3) is 0 Å². The van der Waals surface area contributed by atoms with Gasteiger partial charge < -0.3 is 10.3 Å². The Labute approximate surface area is 86.5 Å². The molecule has 6 heteroatoms. The summed E-state index contributed by atoms with van der Waals surface area (Å²) in [5.74, 6) is 1.23. The van der Waals surface area contributed by atoms with Crippen molar-refractivity contribution in [3.63, 3.8) is 0 Å². The van der Waals surface area contributed by atoms with E-state index in [-0.39, 0.29) is 6.04 Å². The average molecular weight is 205 g/mol. The fourth-order valence-corrected chi connectivity index (χ4v) is 1.07. The zero-order valence-electron chi connectivity index (χ0n) is 8.29. The molecule has 0 unspecified atom stereocenters. The zero-order chi connectivity index (χ0) is 10.7. The summed E-state index contributed by atoms with van der Waals surface area (Å²) in [5, 5.41) is 3.76. The molecule has 6 nitrogen and oxygen atoms in total. The summed E-state index contributed by atoms with van der Waals surface area (Å²) in [6.45, 7) is 1.95. The van der Waals surface area contributed by atoms with Gasteiger partial charge in [0, 0.05) is 12.4 Å². The summed E-state index contributed by atoms with van der Waals surface area (Å²) in [6.07, 6.45) is 3.99. The number of aromatic nitrogens is 4. The lowest BCUT2D eigenvalue weighted by molar-refractivity contribution is 0.352. The highest BCUT2D eigenvalue weighted by molar-refractivity contribution is 5.40. The first-order valence-corrected chi connectivity index (χ1v) is 4.68. The van der Waals surface area contributed by atoms with Gasteiger partial charge in [0.1, 0.15) is 0 Å². The Morgan fingerprint density at radius 1 is 1.33 bits per heavy atom. The molecular formula is C9H11N5O. The van der Waals surface area contributed by atoms with Crippen molar-refractivity contribution >= 4 is 0 Å². The molecule has 2 aromatic rings. The maximum Gasteiger partial charge on any atom is 0.243 e. The van der Waals surface area contributed by atoms with Gasteiger partial charge in [-0.25, -0.2) is 9.97 Å². The Morgan fingerprint density at radius 2 is 2.07 bits per heavy atom. The van der Waals surface area contributed by atoms with Gasteiger partial charge in [0.2, 0.25) is 17.5 Å². The summed E-state index contributed by atoms with van der Waals surface area (Å²) in [7, 11) is 0. The third-order valence-electron chi connectivity index (χ3n) is 1.96. The second kappa shape index (κ2) is 4.14. The lowest BCUT2D eigenvalue weighted by Crippen LogP contribution is -2.08. The molecule has 0 radical (unpaired) electrons. The molecule has 2 aromatic heterocycles. The van der Waals surface area contributed by atoms with Crippen molar-refractivity contribution in [3.8, 4) is 11.6 Å². The lowest BCUT2D eigenvalue weighted by Gasteiger charge is -1.98. The first-order chi connectivity index (χ1) is 7.31. The molecule has 0 saturated heterocycles. The second-order valence-electron chi connectivity index (χ2n) is 3.04. The molecule has 0 aliphatic heterocycles. The molecule has 2 N–H and O–H groups in total. The van der Waals surface area contributed by atoms with E-state index in [1.165, 1.54) is 0 Å². The second-order valence-corrected chi connectivity index (χ2v) is 3.04. The first kappa shape index (κ1) is 9.72. The number of rotatable bonds is 3. The number of hydrogen-bond donors (Lipinski definition) is 1. The summed E-state index contributed by atoms with van der Waals surface area (Å²) < 4.78 is 5.01. The van der Waals surface area contributed by atoms with Crippen molar-refractivity contribution < 1.29 is 4.52 Å². The average Bonchev–Trinajstić information content (AvgIpc) is 2.78. The summed E-state index contributed by atoms with van der Waals surface area (Å²) >= 11 is 0. The minimum atomic E-state index is -0.227. The Balaban J connectivity index is 2.28. The van der Waals surface area contributed by atoms with Crippen LogP contribution in [0.4, 0.5) is 0 Å². The Kier molecular flexibility index (Phi) is 2.68. The van der Waals surface area contributed by atoms with Crippen LogP contribution in [0, 0.1) is 0 Å². The molecule has 0 aliphatic carbocycles. The number of nitrogens with zero attached hydrogens (tertiary/aromatic N) is 4. The van der Waals surface area contributed by atoms with Crippen molar-refractivity contribution in [2.45, 2.75) is 19.4 Å². The predicted molar refractivity (Wildman–Crippen MR) is 52.5 cm³/mol. The van der Waals surface area contributed by atoms with Crippen LogP contribution in [0.25, 0.3) is 11.6 Å². The van der Waals surface area contributed by atoms with Gasteiger partial charge in [0.05, 0.1) is 6.04 Å². The zero-order valence-corrected chi connectivity index (χ0v) is 8.29. The van der Waals surface area contributed by atoms with Crippen molar-refractivity contribution in [2.24, 2.45) is 5.73 Å². The van der Waals surface area contributed by atoms with Crippen LogP contribution >= 0.6 is 0 Å². The summed E-state index contributed by atoms with van der Waals surface area (Å²) in [5.41, 5.74) is 5.75. The van der Waals surface area contributed by atoms with Crippen LogP contribution in [0.15, 0.2) is 23.0 Å². The van der Waals surface area contributed by atoms with E-state index in [4.69, 9.17) is 10.3 Å². The molecule has 2 rings (SSSR count). The predicted octanol–water partition coefficient (Wildman–Crippen LogP) is 0.936. The van der Waals surface area contributed by atoms with Crippen molar-refractivity contribution in [3.05, 3.63) is 24.4 Å². The van der Waals surface area contributed by atoms with Gasteiger partial charge in [-0.3, -0.25) is 0 Å². The SMILES string of the molecule is CC[C@H](N)c1nc(-c2ncccn2)no1. The third kappa shape index (κ3) is 1.99. The molecule has 0 saturated carbocycles. The molecule has 0 amide bonds. The molecule has 2 heterocycles. The standard InChI is InChI=1S/C9H11N5O/c1-2-6(10)9-13-8(14-15-9)7-11-4-3-5-12-7/h3-6H,2,10H2,1H3/t6-/m0/s1. The van der Waals surface area contributed by atoms with Gasteiger partial charge in [0.15, 0.2) is 0 Å². The molecule has 0 bridgehead atoms. The van der Waals surface area contributed by atoms with Crippen LogP contribution in [0.2, 0.25) is 0 Å². The summed E-state index contributed by atoms with van der Waals surface area (Å²) in [6, 6.07) is 1.50. The van der Waals surface area contributed by atoms with Gasteiger partial charge in [-0.1, -0.05) is 12.1 Å². The van der Waals surface area contributed by atoms with Crippen LogP contribution in [-0.4, -0.2) is 20.1 Å². The maximum absolute atomic E-state index is 5.75. The van der Waals surface area contributed by atoms with E-state index in [0.29, 0.717) is 17.5 Å². The highest BCUT2D eigenvalue weighted by atomic mass is 16.5. The van der Waals surface area contributed by atoms with Crippen LogP contribution in [0.3, 0.4) is 0 Å². The van der Waals surface area contributed by atoms with Gasteiger partial charge in [-0.05, 0) is 12.5 Å². The Morgan fingerprint density at radius 3 is 2.73 bits per heavy atom. The van der Waals surface area contributed by atoms with E-state index in [0.717, 1.165) is 6.42 Å². The van der Waals surface area contributed by atoms with E-state index in [2.05, 4.69) is 20.1 Å². The first-order valence-electron chi connectivity index (χ1n) is 4.68. The van der Waals surface area contributed by atoms with Crippen molar-refractivity contribution in [1.82, 2.24) is 20.1 Å². The Hall–Kier alpha value is -1.82. The smallest absolute Gasteiger partial charge is 0.243 e. The minimum Gasteiger partial charge on any atom is -0.337 e. The van der Waals surface area contributed by atoms with E-state index in [9.17, 15) is 0 Å². The highest BCUT2D eigenvalue weighted by Gasteiger charge is 2.14. The fourth-order valence-electron chi connectivity index (χ4n) is 1.07. The molecule has 0 aromatic carbocycles. The molecule has 0 aliphatic rings. The van der Waals surface area contributed by atoms with E-state index >= 15 is 0 Å². The van der Waals surface area contributed by atoms with Crippen LogP contribution in [-0.2, 0) is 0 Å². The van der Waals surface area contributed by atoms with E-state index < -0.39 is 0 Å². The number of hydrogen-bond acceptors (Lipinski definition) is 6. The topological polar surface area (TPSA) is 90.7 Å². The Bertz CT molecular complexity index is 427. The van der Waals surface area contributed by atoms with Crippen molar-refractivity contribution in [1.29, 1.82) is 0 Å². The van der Waals surface area contributed by atoms with Crippen molar-refractivity contribution in [2.75, 3.05) is 0 Å². The van der Waals surface area contributed by atoms with Crippen LogP contribution in [0.5, 0.6) is 0 Å². The van der Waals surface area contributed by atoms with Crippen LogP contribution < -0.4 is 5.73 Å². The molecule has 1 atom stereocenters. The monoisotopic (exact) mass is 205 g/mol. The number of nitrogens with two attached hydrogens (primary N) is 1. The molecule has 0 fully saturated rings. The summed E-state index contributed by atoms with van der Waals surface area (Å²) in [4.78, 5) is 12.1. The van der Waals surface area contributed by atoms with Crippen LogP contribution in [0.1, 0.15) is 25.3 Å². The van der Waals surface area contributed by atoms with Gasteiger partial charge in [-0.2, -0.15) is 4.98 Å².